The van der Waals surface area contributed by atoms with E-state index in [4.69, 9.17) is 5.11 Å². The predicted octanol–water partition coefficient (Wildman–Crippen LogP) is 2.24. The van der Waals surface area contributed by atoms with Crippen LogP contribution in [0.4, 0.5) is 0 Å². The van der Waals surface area contributed by atoms with Crippen LogP contribution in [-0.2, 0) is 11.2 Å². The first-order chi connectivity index (χ1) is 8.10. The third-order valence-corrected chi connectivity index (χ3v) is 3.70. The largest absolute Gasteiger partial charge is 0.479 e. The van der Waals surface area contributed by atoms with Crippen molar-refractivity contribution in [3.05, 3.63) is 35.9 Å². The fourth-order valence-electron chi connectivity index (χ4n) is 2.52. The standard InChI is InChI=1S/C14H18O3/c15-13(16)14(17)8-6-12(7-9-14)10-11-4-2-1-3-5-11/h1-5,12,17H,6-10H2,(H,15,16). The van der Waals surface area contributed by atoms with E-state index in [0.717, 1.165) is 19.3 Å². The monoisotopic (exact) mass is 234 g/mol. The summed E-state index contributed by atoms with van der Waals surface area (Å²) in [5.41, 5.74) is -0.189. The van der Waals surface area contributed by atoms with Gasteiger partial charge in [-0.15, -0.1) is 0 Å². The second kappa shape index (κ2) is 4.88. The summed E-state index contributed by atoms with van der Waals surface area (Å²) in [6, 6.07) is 10.2. The van der Waals surface area contributed by atoms with Crippen LogP contribution in [0.5, 0.6) is 0 Å². The lowest BCUT2D eigenvalue weighted by atomic mass is 9.77. The van der Waals surface area contributed by atoms with Gasteiger partial charge in [0.25, 0.3) is 0 Å². The summed E-state index contributed by atoms with van der Waals surface area (Å²) in [6.07, 6.45) is 3.31. The highest BCUT2D eigenvalue weighted by Crippen LogP contribution is 2.34. The van der Waals surface area contributed by atoms with Crippen LogP contribution in [0.2, 0.25) is 0 Å². The number of hydrogen-bond donors (Lipinski definition) is 2. The van der Waals surface area contributed by atoms with Gasteiger partial charge in [0.2, 0.25) is 0 Å². The first kappa shape index (κ1) is 12.1. The number of aliphatic hydroxyl groups is 1. The fourth-order valence-corrected chi connectivity index (χ4v) is 2.52. The molecule has 0 atom stereocenters. The van der Waals surface area contributed by atoms with Gasteiger partial charge in [-0.25, -0.2) is 4.79 Å². The fraction of sp³-hybridized carbons (Fsp3) is 0.500. The molecule has 0 spiro atoms. The molecule has 0 bridgehead atoms. The molecule has 0 aliphatic heterocycles. The van der Waals surface area contributed by atoms with Crippen LogP contribution in [0.25, 0.3) is 0 Å². The highest BCUT2D eigenvalue weighted by molar-refractivity contribution is 5.77. The molecule has 0 saturated heterocycles. The summed E-state index contributed by atoms with van der Waals surface area (Å²) < 4.78 is 0. The van der Waals surface area contributed by atoms with E-state index < -0.39 is 11.6 Å². The zero-order valence-corrected chi connectivity index (χ0v) is 9.80. The molecule has 0 radical (unpaired) electrons. The Hall–Kier alpha value is -1.35. The van der Waals surface area contributed by atoms with E-state index in [0.29, 0.717) is 18.8 Å². The van der Waals surface area contributed by atoms with Crippen LogP contribution in [0.1, 0.15) is 31.2 Å². The van der Waals surface area contributed by atoms with E-state index in [1.807, 2.05) is 18.2 Å². The third kappa shape index (κ3) is 2.86. The van der Waals surface area contributed by atoms with E-state index in [1.165, 1.54) is 5.56 Å². The van der Waals surface area contributed by atoms with Crippen LogP contribution in [-0.4, -0.2) is 21.8 Å². The quantitative estimate of drug-likeness (QED) is 0.843. The molecule has 1 aromatic carbocycles. The van der Waals surface area contributed by atoms with Gasteiger partial charge >= 0.3 is 5.97 Å². The van der Waals surface area contributed by atoms with Crippen molar-refractivity contribution >= 4 is 5.97 Å². The Morgan fingerprint density at radius 1 is 1.24 bits per heavy atom. The molecule has 0 amide bonds. The molecular formula is C14H18O3. The summed E-state index contributed by atoms with van der Waals surface area (Å²) in [5.74, 6) is -0.576. The summed E-state index contributed by atoms with van der Waals surface area (Å²) in [5, 5.41) is 18.8. The Balaban J connectivity index is 1.90. The molecule has 3 heteroatoms. The lowest BCUT2D eigenvalue weighted by Gasteiger charge is -2.32. The molecule has 1 aliphatic carbocycles. The van der Waals surface area contributed by atoms with Crippen LogP contribution in [0.15, 0.2) is 30.3 Å². The first-order valence-electron chi connectivity index (χ1n) is 6.10. The number of carboxylic acid groups (broad SMARTS) is 1. The van der Waals surface area contributed by atoms with E-state index >= 15 is 0 Å². The van der Waals surface area contributed by atoms with Gasteiger partial charge < -0.3 is 10.2 Å². The molecule has 2 N–H and O–H groups in total. The van der Waals surface area contributed by atoms with Crippen molar-refractivity contribution in [2.75, 3.05) is 0 Å². The minimum Gasteiger partial charge on any atom is -0.479 e. The van der Waals surface area contributed by atoms with Crippen molar-refractivity contribution < 1.29 is 15.0 Å². The molecule has 1 saturated carbocycles. The lowest BCUT2D eigenvalue weighted by molar-refractivity contribution is -0.162. The maximum absolute atomic E-state index is 10.9. The van der Waals surface area contributed by atoms with Gasteiger partial charge in [-0.2, -0.15) is 0 Å². The van der Waals surface area contributed by atoms with Crippen molar-refractivity contribution in [1.82, 2.24) is 0 Å². The minimum absolute atomic E-state index is 0.375. The van der Waals surface area contributed by atoms with Crippen molar-refractivity contribution in [1.29, 1.82) is 0 Å². The lowest BCUT2D eigenvalue weighted by Crippen LogP contribution is -2.42. The maximum atomic E-state index is 10.9. The number of rotatable bonds is 3. The molecule has 1 aromatic rings. The van der Waals surface area contributed by atoms with Gasteiger partial charge in [0.1, 0.15) is 0 Å². The molecule has 1 fully saturated rings. The molecule has 17 heavy (non-hydrogen) atoms. The molecule has 92 valence electrons. The Kier molecular flexibility index (Phi) is 3.48. The summed E-state index contributed by atoms with van der Waals surface area (Å²) in [4.78, 5) is 10.9. The smallest absolute Gasteiger partial charge is 0.335 e. The van der Waals surface area contributed by atoms with Crippen molar-refractivity contribution in [2.24, 2.45) is 5.92 Å². The average molecular weight is 234 g/mol. The maximum Gasteiger partial charge on any atom is 0.335 e. The molecule has 0 heterocycles. The molecular weight excluding hydrogens is 216 g/mol. The summed E-state index contributed by atoms with van der Waals surface area (Å²) in [7, 11) is 0. The Bertz CT molecular complexity index is 378. The molecule has 3 nitrogen and oxygen atoms in total. The van der Waals surface area contributed by atoms with Gasteiger partial charge in [0.15, 0.2) is 5.60 Å². The van der Waals surface area contributed by atoms with E-state index in [-0.39, 0.29) is 0 Å². The van der Waals surface area contributed by atoms with Crippen molar-refractivity contribution in [2.45, 2.75) is 37.7 Å². The highest BCUT2D eigenvalue weighted by Gasteiger charge is 2.39. The van der Waals surface area contributed by atoms with Crippen molar-refractivity contribution in [3.8, 4) is 0 Å². The van der Waals surface area contributed by atoms with Gasteiger partial charge in [-0.1, -0.05) is 30.3 Å². The number of carbonyl (C=O) groups is 1. The van der Waals surface area contributed by atoms with E-state index in [1.54, 1.807) is 0 Å². The first-order valence-corrected chi connectivity index (χ1v) is 6.10. The third-order valence-electron chi connectivity index (χ3n) is 3.70. The van der Waals surface area contributed by atoms with Crippen LogP contribution < -0.4 is 0 Å². The average Bonchev–Trinajstić information content (AvgIpc) is 2.33. The normalized spacial score (nSPS) is 28.9. The predicted molar refractivity (Wildman–Crippen MR) is 64.7 cm³/mol. The SMILES string of the molecule is O=C(O)C1(O)CCC(Cc2ccccc2)CC1. The van der Waals surface area contributed by atoms with Crippen LogP contribution in [0, 0.1) is 5.92 Å². The Morgan fingerprint density at radius 3 is 2.35 bits per heavy atom. The van der Waals surface area contributed by atoms with Gasteiger partial charge in [0.05, 0.1) is 0 Å². The van der Waals surface area contributed by atoms with Crippen LogP contribution in [0.3, 0.4) is 0 Å². The molecule has 2 rings (SSSR count). The van der Waals surface area contributed by atoms with Gasteiger partial charge in [-0.3, -0.25) is 0 Å². The highest BCUT2D eigenvalue weighted by atomic mass is 16.4. The second-order valence-corrected chi connectivity index (χ2v) is 4.97. The summed E-state index contributed by atoms with van der Waals surface area (Å²) >= 11 is 0. The Morgan fingerprint density at radius 2 is 1.82 bits per heavy atom. The molecule has 0 aromatic heterocycles. The van der Waals surface area contributed by atoms with Gasteiger partial charge in [-0.05, 0) is 43.6 Å². The Labute approximate surface area is 101 Å². The number of aliphatic carboxylic acids is 1. The van der Waals surface area contributed by atoms with Crippen molar-refractivity contribution in [3.63, 3.8) is 0 Å². The summed E-state index contributed by atoms with van der Waals surface area (Å²) in [6.45, 7) is 0. The zero-order valence-electron chi connectivity index (χ0n) is 9.80. The second-order valence-electron chi connectivity index (χ2n) is 4.97. The topological polar surface area (TPSA) is 57.5 Å². The minimum atomic E-state index is -1.48. The number of carboxylic acids is 1. The zero-order chi connectivity index (χ0) is 12.3. The van der Waals surface area contributed by atoms with E-state index in [9.17, 15) is 9.90 Å². The number of hydrogen-bond acceptors (Lipinski definition) is 2. The van der Waals surface area contributed by atoms with E-state index in [2.05, 4.69) is 12.1 Å². The molecule has 0 unspecified atom stereocenters. The van der Waals surface area contributed by atoms with Gasteiger partial charge in [0, 0.05) is 0 Å². The number of benzene rings is 1. The molecule has 1 aliphatic rings. The van der Waals surface area contributed by atoms with Crippen LogP contribution >= 0.6 is 0 Å².